The van der Waals surface area contributed by atoms with Crippen LogP contribution in [0.5, 0.6) is 0 Å². The molecule has 0 N–H and O–H groups in total. The number of hydrogen-bond donors (Lipinski definition) is 0. The SMILES string of the molecule is Cc1sc(C(Cl)c2ccc([N+](=O)[O-])o2)cc1Br. The van der Waals surface area contributed by atoms with Gasteiger partial charge in [0.25, 0.3) is 0 Å². The molecule has 2 heterocycles. The maximum absolute atomic E-state index is 10.5. The van der Waals surface area contributed by atoms with Crippen LogP contribution in [0.25, 0.3) is 0 Å². The lowest BCUT2D eigenvalue weighted by atomic mass is 10.3. The lowest BCUT2D eigenvalue weighted by molar-refractivity contribution is -0.402. The van der Waals surface area contributed by atoms with Crippen LogP contribution in [0.3, 0.4) is 0 Å². The molecule has 17 heavy (non-hydrogen) atoms. The molecule has 0 bridgehead atoms. The molecule has 1 atom stereocenters. The predicted molar refractivity (Wildman–Crippen MR) is 69.8 cm³/mol. The van der Waals surface area contributed by atoms with Crippen LogP contribution in [-0.4, -0.2) is 4.92 Å². The molecule has 0 aromatic carbocycles. The Morgan fingerprint density at radius 1 is 1.59 bits per heavy atom. The molecule has 0 aliphatic carbocycles. The molecule has 7 heteroatoms. The first kappa shape index (κ1) is 12.6. The van der Waals surface area contributed by atoms with E-state index in [-0.39, 0.29) is 5.88 Å². The van der Waals surface area contributed by atoms with Gasteiger partial charge in [0.05, 0.1) is 6.07 Å². The van der Waals surface area contributed by atoms with Gasteiger partial charge in [-0.3, -0.25) is 10.1 Å². The second-order valence-corrected chi connectivity index (χ2v) is 5.93. The zero-order valence-corrected chi connectivity index (χ0v) is 11.8. The number of halogens is 2. The Morgan fingerprint density at radius 3 is 2.76 bits per heavy atom. The van der Waals surface area contributed by atoms with Crippen molar-refractivity contribution >= 4 is 44.8 Å². The summed E-state index contributed by atoms with van der Waals surface area (Å²) in [6, 6.07) is 4.73. The van der Waals surface area contributed by atoms with Gasteiger partial charge in [0, 0.05) is 14.2 Å². The summed E-state index contributed by atoms with van der Waals surface area (Å²) in [7, 11) is 0. The number of aryl methyl sites for hydroxylation is 1. The highest BCUT2D eigenvalue weighted by Crippen LogP contribution is 2.38. The molecule has 0 fully saturated rings. The van der Waals surface area contributed by atoms with Crippen molar-refractivity contribution in [2.45, 2.75) is 12.3 Å². The first-order valence-electron chi connectivity index (χ1n) is 4.63. The highest BCUT2D eigenvalue weighted by atomic mass is 79.9. The van der Waals surface area contributed by atoms with E-state index in [0.717, 1.165) is 14.2 Å². The molecular formula is C10H7BrClNO3S. The van der Waals surface area contributed by atoms with E-state index < -0.39 is 10.3 Å². The third-order valence-electron chi connectivity index (χ3n) is 2.17. The number of alkyl halides is 1. The summed E-state index contributed by atoms with van der Waals surface area (Å²) in [6.07, 6.45) is 0. The fraction of sp³-hybridized carbons (Fsp3) is 0.200. The van der Waals surface area contributed by atoms with E-state index in [4.69, 9.17) is 16.0 Å². The Bertz CT molecular complexity index is 546. The van der Waals surface area contributed by atoms with Gasteiger partial charge in [-0.05, 0) is 35.0 Å². The number of nitrogens with zero attached hydrogens (tertiary/aromatic N) is 1. The molecule has 0 saturated heterocycles. The number of hydrogen-bond acceptors (Lipinski definition) is 4. The molecule has 2 aromatic rings. The van der Waals surface area contributed by atoms with Gasteiger partial charge in [0.2, 0.25) is 0 Å². The van der Waals surface area contributed by atoms with E-state index in [9.17, 15) is 10.1 Å². The number of nitro groups is 1. The first-order chi connectivity index (χ1) is 7.99. The summed E-state index contributed by atoms with van der Waals surface area (Å²) in [4.78, 5) is 11.9. The third kappa shape index (κ3) is 2.53. The monoisotopic (exact) mass is 335 g/mol. The average molecular weight is 337 g/mol. The lowest BCUT2D eigenvalue weighted by Crippen LogP contribution is -1.87. The number of thiophene rings is 1. The Hall–Kier alpha value is -0.850. The fourth-order valence-corrected chi connectivity index (χ4v) is 3.18. The molecule has 0 spiro atoms. The Labute approximate surface area is 114 Å². The zero-order valence-electron chi connectivity index (χ0n) is 8.65. The molecule has 0 saturated carbocycles. The van der Waals surface area contributed by atoms with E-state index in [1.54, 1.807) is 0 Å². The van der Waals surface area contributed by atoms with Crippen LogP contribution < -0.4 is 0 Å². The van der Waals surface area contributed by atoms with E-state index >= 15 is 0 Å². The minimum atomic E-state index is -0.581. The van der Waals surface area contributed by atoms with Crippen molar-refractivity contribution in [1.82, 2.24) is 0 Å². The molecule has 2 aromatic heterocycles. The van der Waals surface area contributed by atoms with Gasteiger partial charge in [0.1, 0.15) is 16.1 Å². The van der Waals surface area contributed by atoms with Crippen LogP contribution >= 0.6 is 38.9 Å². The first-order valence-corrected chi connectivity index (χ1v) is 6.67. The standard InChI is InChI=1S/C10H7BrClNO3S/c1-5-6(11)4-8(17-5)10(12)7-2-3-9(16-7)13(14)15/h2-4,10H,1H3. The Balaban J connectivity index is 2.30. The van der Waals surface area contributed by atoms with Crippen LogP contribution in [0.4, 0.5) is 5.88 Å². The summed E-state index contributed by atoms with van der Waals surface area (Å²) >= 11 is 11.1. The molecule has 2 rings (SSSR count). The van der Waals surface area contributed by atoms with Crippen LogP contribution in [0.1, 0.15) is 20.9 Å². The van der Waals surface area contributed by atoms with E-state index in [2.05, 4.69) is 15.9 Å². The molecule has 1 unspecified atom stereocenters. The minimum absolute atomic E-state index is 0.294. The van der Waals surface area contributed by atoms with Gasteiger partial charge >= 0.3 is 5.88 Å². The van der Waals surface area contributed by atoms with Gasteiger partial charge < -0.3 is 4.42 Å². The highest BCUT2D eigenvalue weighted by Gasteiger charge is 2.21. The van der Waals surface area contributed by atoms with Crippen molar-refractivity contribution in [3.05, 3.63) is 48.3 Å². The van der Waals surface area contributed by atoms with Gasteiger partial charge in [-0.2, -0.15) is 0 Å². The van der Waals surface area contributed by atoms with Gasteiger partial charge in [-0.1, -0.05) is 0 Å². The summed E-state index contributed by atoms with van der Waals surface area (Å²) in [5, 5.41) is 9.99. The Morgan fingerprint density at radius 2 is 2.29 bits per heavy atom. The summed E-state index contributed by atoms with van der Waals surface area (Å²) < 4.78 is 6.05. The topological polar surface area (TPSA) is 56.3 Å². The van der Waals surface area contributed by atoms with Crippen LogP contribution in [0.2, 0.25) is 0 Å². The quantitative estimate of drug-likeness (QED) is 0.466. The van der Waals surface area contributed by atoms with Crippen molar-refractivity contribution in [2.75, 3.05) is 0 Å². The largest absolute Gasteiger partial charge is 0.433 e. The van der Waals surface area contributed by atoms with Gasteiger partial charge in [-0.15, -0.1) is 22.9 Å². The van der Waals surface area contributed by atoms with Gasteiger partial charge in [-0.25, -0.2) is 0 Å². The highest BCUT2D eigenvalue weighted by molar-refractivity contribution is 9.10. The number of rotatable bonds is 3. The molecule has 0 aliphatic rings. The molecule has 0 amide bonds. The summed E-state index contributed by atoms with van der Waals surface area (Å²) in [6.45, 7) is 1.96. The molecule has 0 radical (unpaired) electrons. The van der Waals surface area contributed by atoms with E-state index in [1.165, 1.54) is 23.5 Å². The summed E-state index contributed by atoms with van der Waals surface area (Å²) in [5.41, 5.74) is 0. The normalized spacial score (nSPS) is 12.6. The average Bonchev–Trinajstić information content (AvgIpc) is 2.86. The van der Waals surface area contributed by atoms with Crippen molar-refractivity contribution in [3.8, 4) is 0 Å². The molecule has 0 aliphatic heterocycles. The van der Waals surface area contributed by atoms with Crippen molar-refractivity contribution in [2.24, 2.45) is 0 Å². The summed E-state index contributed by atoms with van der Waals surface area (Å²) in [5.74, 6) is 0.0881. The van der Waals surface area contributed by atoms with Gasteiger partial charge in [0.15, 0.2) is 0 Å². The Kier molecular flexibility index (Phi) is 3.56. The minimum Gasteiger partial charge on any atom is -0.404 e. The molecular weight excluding hydrogens is 330 g/mol. The van der Waals surface area contributed by atoms with Crippen molar-refractivity contribution in [3.63, 3.8) is 0 Å². The van der Waals surface area contributed by atoms with Crippen LogP contribution in [0, 0.1) is 17.0 Å². The predicted octanol–water partition coefficient (Wildman–Crippen LogP) is 4.65. The van der Waals surface area contributed by atoms with Crippen LogP contribution in [-0.2, 0) is 0 Å². The van der Waals surface area contributed by atoms with Crippen molar-refractivity contribution in [1.29, 1.82) is 0 Å². The second-order valence-electron chi connectivity index (χ2n) is 3.35. The fourth-order valence-electron chi connectivity index (χ4n) is 1.32. The van der Waals surface area contributed by atoms with E-state index in [1.807, 2.05) is 13.0 Å². The zero-order chi connectivity index (χ0) is 12.6. The van der Waals surface area contributed by atoms with Crippen LogP contribution in [0.15, 0.2) is 27.1 Å². The number of furan rings is 1. The molecule has 90 valence electrons. The van der Waals surface area contributed by atoms with Crippen molar-refractivity contribution < 1.29 is 9.34 Å². The smallest absolute Gasteiger partial charge is 0.404 e. The maximum Gasteiger partial charge on any atom is 0.433 e. The second kappa shape index (κ2) is 4.80. The third-order valence-corrected chi connectivity index (χ3v) is 4.95. The maximum atomic E-state index is 10.5. The molecule has 4 nitrogen and oxygen atoms in total. The van der Waals surface area contributed by atoms with E-state index in [0.29, 0.717) is 5.76 Å². The lowest BCUT2D eigenvalue weighted by Gasteiger charge is -2.01.